The van der Waals surface area contributed by atoms with E-state index in [-0.39, 0.29) is 11.7 Å². The number of aryl methyl sites for hydroxylation is 1. The van der Waals surface area contributed by atoms with Gasteiger partial charge in [0.2, 0.25) is 0 Å². The number of anilines is 1. The molecule has 1 unspecified atom stereocenters. The maximum absolute atomic E-state index is 5.91. The van der Waals surface area contributed by atoms with Crippen molar-refractivity contribution in [1.82, 2.24) is 4.98 Å². The predicted octanol–water partition coefficient (Wildman–Crippen LogP) is 1.85. The highest BCUT2D eigenvalue weighted by molar-refractivity contribution is 5.42. The lowest BCUT2D eigenvalue weighted by atomic mass is 10.1. The summed E-state index contributed by atoms with van der Waals surface area (Å²) in [6.07, 6.45) is 0.227. The number of aromatic nitrogens is 1. The number of rotatable bonds is 2. The van der Waals surface area contributed by atoms with Crippen LogP contribution in [0.5, 0.6) is 0 Å². The summed E-state index contributed by atoms with van der Waals surface area (Å²) in [6, 6.07) is 4.13. The van der Waals surface area contributed by atoms with E-state index in [0.717, 1.165) is 30.2 Å². The molecule has 2 N–H and O–H groups in total. The van der Waals surface area contributed by atoms with E-state index >= 15 is 0 Å². The smallest absolute Gasteiger partial charge is 0.128 e. The minimum absolute atomic E-state index is 0.125. The first-order valence-corrected chi connectivity index (χ1v) is 6.50. The first-order valence-electron chi connectivity index (χ1n) is 6.50. The number of hydrogen-bond acceptors (Lipinski definition) is 4. The normalized spacial score (nSPS) is 23.2. The van der Waals surface area contributed by atoms with Crippen molar-refractivity contribution in [3.05, 3.63) is 23.4 Å². The lowest BCUT2D eigenvalue weighted by Gasteiger charge is -2.42. The molecule has 1 aromatic heterocycles. The zero-order chi connectivity index (χ0) is 13.3. The summed E-state index contributed by atoms with van der Waals surface area (Å²) in [4.78, 5) is 6.95. The molecule has 1 saturated heterocycles. The van der Waals surface area contributed by atoms with E-state index < -0.39 is 0 Å². The van der Waals surface area contributed by atoms with Crippen LogP contribution in [0.15, 0.2) is 12.1 Å². The second kappa shape index (κ2) is 4.86. The Balaban J connectivity index is 2.23. The number of morpholine rings is 1. The van der Waals surface area contributed by atoms with Crippen molar-refractivity contribution in [2.24, 2.45) is 5.73 Å². The molecule has 0 aliphatic carbocycles. The molecule has 4 nitrogen and oxygen atoms in total. The molecule has 1 aliphatic rings. The quantitative estimate of drug-likeness (QED) is 0.869. The Labute approximate surface area is 109 Å². The van der Waals surface area contributed by atoms with Gasteiger partial charge in [0.1, 0.15) is 5.82 Å². The number of ether oxygens (including phenoxy) is 1. The fraction of sp³-hybridized carbons (Fsp3) is 0.643. The Hall–Kier alpha value is -1.13. The van der Waals surface area contributed by atoms with Gasteiger partial charge in [-0.1, -0.05) is 6.07 Å². The van der Waals surface area contributed by atoms with Gasteiger partial charge in [-0.05, 0) is 39.3 Å². The van der Waals surface area contributed by atoms with Gasteiger partial charge in [0, 0.05) is 25.3 Å². The summed E-state index contributed by atoms with van der Waals surface area (Å²) < 4.78 is 5.91. The zero-order valence-corrected chi connectivity index (χ0v) is 11.7. The zero-order valence-electron chi connectivity index (χ0n) is 11.7. The molecule has 1 aromatic rings. The van der Waals surface area contributed by atoms with Crippen LogP contribution in [-0.4, -0.2) is 29.8 Å². The van der Waals surface area contributed by atoms with Crippen LogP contribution in [0, 0.1) is 6.92 Å². The lowest BCUT2D eigenvalue weighted by molar-refractivity contribution is -0.0751. The van der Waals surface area contributed by atoms with Crippen LogP contribution in [0.2, 0.25) is 0 Å². The SMILES string of the molecule is Cc1nc(N2CC(C)OC(C)(C)C2)ccc1CN. The number of pyridine rings is 1. The van der Waals surface area contributed by atoms with E-state index in [4.69, 9.17) is 10.5 Å². The molecule has 0 bridgehead atoms. The lowest BCUT2D eigenvalue weighted by Crippen LogP contribution is -2.52. The van der Waals surface area contributed by atoms with Crippen LogP contribution in [0.3, 0.4) is 0 Å². The molecule has 100 valence electrons. The summed E-state index contributed by atoms with van der Waals surface area (Å²) in [7, 11) is 0. The first kappa shape index (κ1) is 13.3. The Bertz CT molecular complexity index is 431. The third-order valence-corrected chi connectivity index (χ3v) is 3.29. The van der Waals surface area contributed by atoms with Crippen molar-refractivity contribution < 1.29 is 4.74 Å². The van der Waals surface area contributed by atoms with Crippen LogP contribution >= 0.6 is 0 Å². The van der Waals surface area contributed by atoms with Crippen LogP contribution in [0.1, 0.15) is 32.0 Å². The van der Waals surface area contributed by atoms with Crippen molar-refractivity contribution in [3.8, 4) is 0 Å². The highest BCUT2D eigenvalue weighted by atomic mass is 16.5. The van der Waals surface area contributed by atoms with Gasteiger partial charge in [0.25, 0.3) is 0 Å². The molecule has 0 aromatic carbocycles. The van der Waals surface area contributed by atoms with Gasteiger partial charge in [0.05, 0.1) is 11.7 Å². The average molecular weight is 249 g/mol. The molecule has 0 radical (unpaired) electrons. The Morgan fingerprint density at radius 1 is 1.50 bits per heavy atom. The van der Waals surface area contributed by atoms with Crippen molar-refractivity contribution in [2.75, 3.05) is 18.0 Å². The van der Waals surface area contributed by atoms with E-state index in [2.05, 4.69) is 42.8 Å². The minimum atomic E-state index is -0.125. The maximum Gasteiger partial charge on any atom is 0.128 e. The molecule has 2 heterocycles. The topological polar surface area (TPSA) is 51.4 Å². The van der Waals surface area contributed by atoms with Gasteiger partial charge < -0.3 is 15.4 Å². The molecule has 1 aliphatic heterocycles. The monoisotopic (exact) mass is 249 g/mol. The molecule has 0 amide bonds. The summed E-state index contributed by atoms with van der Waals surface area (Å²) in [5.74, 6) is 1.02. The van der Waals surface area contributed by atoms with E-state index in [1.165, 1.54) is 0 Å². The second-order valence-corrected chi connectivity index (χ2v) is 5.69. The van der Waals surface area contributed by atoms with Gasteiger partial charge in [-0.15, -0.1) is 0 Å². The minimum Gasteiger partial charge on any atom is -0.369 e. The third kappa shape index (κ3) is 2.82. The van der Waals surface area contributed by atoms with Crippen molar-refractivity contribution in [2.45, 2.75) is 45.9 Å². The van der Waals surface area contributed by atoms with Gasteiger partial charge in [-0.3, -0.25) is 0 Å². The Kier molecular flexibility index (Phi) is 3.59. The highest BCUT2D eigenvalue weighted by Crippen LogP contribution is 2.25. The first-order chi connectivity index (χ1) is 8.41. The van der Waals surface area contributed by atoms with Crippen molar-refractivity contribution in [3.63, 3.8) is 0 Å². The average Bonchev–Trinajstić information content (AvgIpc) is 2.26. The summed E-state index contributed by atoms with van der Waals surface area (Å²) in [5, 5.41) is 0. The summed E-state index contributed by atoms with van der Waals surface area (Å²) >= 11 is 0. The number of hydrogen-bond donors (Lipinski definition) is 1. The van der Waals surface area contributed by atoms with Crippen molar-refractivity contribution in [1.29, 1.82) is 0 Å². The van der Waals surface area contributed by atoms with E-state index in [1.54, 1.807) is 0 Å². The molecule has 0 spiro atoms. The van der Waals surface area contributed by atoms with Gasteiger partial charge in [-0.2, -0.15) is 0 Å². The van der Waals surface area contributed by atoms with Gasteiger partial charge >= 0.3 is 0 Å². The number of nitrogens with two attached hydrogens (primary N) is 1. The summed E-state index contributed by atoms with van der Waals surface area (Å²) in [5.41, 5.74) is 7.68. The van der Waals surface area contributed by atoms with E-state index in [0.29, 0.717) is 6.54 Å². The Morgan fingerprint density at radius 3 is 2.78 bits per heavy atom. The van der Waals surface area contributed by atoms with Crippen LogP contribution in [0.25, 0.3) is 0 Å². The van der Waals surface area contributed by atoms with Crippen LogP contribution in [0.4, 0.5) is 5.82 Å². The molecule has 2 rings (SSSR count). The molecule has 1 atom stereocenters. The Morgan fingerprint density at radius 2 is 2.22 bits per heavy atom. The number of nitrogens with zero attached hydrogens (tertiary/aromatic N) is 2. The molecular formula is C14H23N3O. The van der Waals surface area contributed by atoms with E-state index in [9.17, 15) is 0 Å². The molecular weight excluding hydrogens is 226 g/mol. The fourth-order valence-corrected chi connectivity index (χ4v) is 2.60. The van der Waals surface area contributed by atoms with E-state index in [1.807, 2.05) is 6.92 Å². The fourth-order valence-electron chi connectivity index (χ4n) is 2.60. The third-order valence-electron chi connectivity index (χ3n) is 3.29. The van der Waals surface area contributed by atoms with Crippen LogP contribution < -0.4 is 10.6 Å². The van der Waals surface area contributed by atoms with Gasteiger partial charge in [0.15, 0.2) is 0 Å². The largest absolute Gasteiger partial charge is 0.369 e. The molecule has 0 saturated carbocycles. The standard InChI is InChI=1S/C14H23N3O/c1-10-8-17(9-14(3,4)18-10)13-6-5-12(7-15)11(2)16-13/h5-6,10H,7-9,15H2,1-4H3. The van der Waals surface area contributed by atoms with Crippen molar-refractivity contribution >= 4 is 5.82 Å². The molecule has 4 heteroatoms. The van der Waals surface area contributed by atoms with Gasteiger partial charge in [-0.25, -0.2) is 4.98 Å². The highest BCUT2D eigenvalue weighted by Gasteiger charge is 2.31. The van der Waals surface area contributed by atoms with Crippen LogP contribution in [-0.2, 0) is 11.3 Å². The molecule has 1 fully saturated rings. The summed E-state index contributed by atoms with van der Waals surface area (Å²) in [6.45, 7) is 10.7. The predicted molar refractivity (Wildman–Crippen MR) is 73.7 cm³/mol. The maximum atomic E-state index is 5.91. The molecule has 18 heavy (non-hydrogen) atoms. The second-order valence-electron chi connectivity index (χ2n) is 5.69.